The first-order valence-electron chi connectivity index (χ1n) is 10.1. The Morgan fingerprint density at radius 1 is 0.821 bits per heavy atom. The summed E-state index contributed by atoms with van der Waals surface area (Å²) >= 11 is 0. The summed E-state index contributed by atoms with van der Waals surface area (Å²) in [5.74, 6) is 0. The molecule has 0 aliphatic carbocycles. The Morgan fingerprint density at radius 3 is 2.04 bits per heavy atom. The van der Waals surface area contributed by atoms with Crippen LogP contribution in [0.2, 0.25) is 0 Å². The van der Waals surface area contributed by atoms with E-state index in [0.717, 1.165) is 38.2 Å². The minimum Gasteiger partial charge on any atom is -0.374 e. The average Bonchev–Trinajstić information content (AvgIpc) is 3.22. The van der Waals surface area contributed by atoms with E-state index in [9.17, 15) is 5.11 Å². The quantitative estimate of drug-likeness (QED) is 0.621. The second-order valence-electron chi connectivity index (χ2n) is 7.61. The van der Waals surface area contributed by atoms with Crippen molar-refractivity contribution in [3.8, 4) is 0 Å². The molecule has 3 nitrogen and oxygen atoms in total. The molecule has 2 atom stereocenters. The predicted octanol–water partition coefficient (Wildman–Crippen LogP) is 4.45. The van der Waals surface area contributed by atoms with Gasteiger partial charge in [-0.2, -0.15) is 0 Å². The first kappa shape index (κ1) is 18.9. The molecule has 1 saturated heterocycles. The molecular weight excluding hydrogens is 344 g/mol. The van der Waals surface area contributed by atoms with Gasteiger partial charge in [-0.1, -0.05) is 91.0 Å². The van der Waals surface area contributed by atoms with Crippen LogP contribution in [0.3, 0.4) is 0 Å². The second-order valence-corrected chi connectivity index (χ2v) is 7.61. The van der Waals surface area contributed by atoms with Gasteiger partial charge in [-0.3, -0.25) is 9.80 Å². The normalized spacial score (nSPS) is 18.4. The molecule has 1 heterocycles. The smallest absolute Gasteiger partial charge is 0.134 e. The highest BCUT2D eigenvalue weighted by Gasteiger charge is 2.32. The van der Waals surface area contributed by atoms with Gasteiger partial charge in [0.15, 0.2) is 0 Å². The van der Waals surface area contributed by atoms with Crippen molar-refractivity contribution in [3.05, 3.63) is 108 Å². The molecule has 1 unspecified atom stereocenters. The highest BCUT2D eigenvalue weighted by Crippen LogP contribution is 2.28. The van der Waals surface area contributed by atoms with Crippen LogP contribution in [0.25, 0.3) is 0 Å². The van der Waals surface area contributed by atoms with E-state index in [1.54, 1.807) is 0 Å². The molecule has 144 valence electrons. The highest BCUT2D eigenvalue weighted by molar-refractivity contribution is 5.20. The van der Waals surface area contributed by atoms with Gasteiger partial charge in [0, 0.05) is 32.2 Å². The molecule has 0 bridgehead atoms. The Morgan fingerprint density at radius 2 is 1.39 bits per heavy atom. The summed E-state index contributed by atoms with van der Waals surface area (Å²) in [5.41, 5.74) is 3.54. The summed E-state index contributed by atoms with van der Waals surface area (Å²) in [6, 6.07) is 31.4. The van der Waals surface area contributed by atoms with Gasteiger partial charge >= 0.3 is 0 Å². The van der Waals surface area contributed by atoms with Crippen molar-refractivity contribution in [2.75, 3.05) is 13.1 Å². The van der Waals surface area contributed by atoms with Crippen LogP contribution in [-0.2, 0) is 13.1 Å². The van der Waals surface area contributed by atoms with E-state index in [1.165, 1.54) is 11.1 Å². The maximum atomic E-state index is 11.2. The molecule has 1 aliphatic heterocycles. The van der Waals surface area contributed by atoms with Crippen LogP contribution in [0.1, 0.15) is 29.3 Å². The van der Waals surface area contributed by atoms with Crippen LogP contribution in [0.5, 0.6) is 0 Å². The maximum absolute atomic E-state index is 11.2. The molecule has 1 aliphatic rings. The first-order chi connectivity index (χ1) is 13.8. The fourth-order valence-corrected chi connectivity index (χ4v) is 4.09. The van der Waals surface area contributed by atoms with Crippen molar-refractivity contribution < 1.29 is 5.11 Å². The van der Waals surface area contributed by atoms with Crippen molar-refractivity contribution in [3.63, 3.8) is 0 Å². The van der Waals surface area contributed by atoms with Gasteiger partial charge in [0.25, 0.3) is 0 Å². The van der Waals surface area contributed by atoms with Gasteiger partial charge in [-0.25, -0.2) is 0 Å². The first-order valence-corrected chi connectivity index (χ1v) is 10.1. The van der Waals surface area contributed by atoms with Crippen LogP contribution >= 0.6 is 0 Å². The number of rotatable bonds is 7. The molecule has 0 aromatic heterocycles. The van der Waals surface area contributed by atoms with E-state index in [-0.39, 0.29) is 0 Å². The third-order valence-electron chi connectivity index (χ3n) is 5.59. The number of hydrogen-bond donors (Lipinski definition) is 1. The van der Waals surface area contributed by atoms with E-state index < -0.39 is 6.23 Å². The Kier molecular flexibility index (Phi) is 6.17. The molecule has 3 aromatic rings. The van der Waals surface area contributed by atoms with Crippen LogP contribution in [0, 0.1) is 0 Å². The summed E-state index contributed by atoms with van der Waals surface area (Å²) in [6.45, 7) is 3.76. The molecule has 0 radical (unpaired) electrons. The monoisotopic (exact) mass is 372 g/mol. The molecule has 4 rings (SSSR count). The summed E-state index contributed by atoms with van der Waals surface area (Å²) in [7, 11) is 0. The topological polar surface area (TPSA) is 26.7 Å². The molecule has 0 saturated carbocycles. The van der Waals surface area contributed by atoms with E-state index in [2.05, 4.69) is 64.4 Å². The Bertz CT molecular complexity index is 838. The van der Waals surface area contributed by atoms with Crippen molar-refractivity contribution >= 4 is 0 Å². The molecule has 0 spiro atoms. The minimum absolute atomic E-state index is 0.333. The molecule has 1 N–H and O–H groups in total. The third kappa shape index (κ3) is 4.68. The van der Waals surface area contributed by atoms with Gasteiger partial charge in [-0.05, 0) is 23.1 Å². The molecule has 28 heavy (non-hydrogen) atoms. The van der Waals surface area contributed by atoms with Crippen molar-refractivity contribution in [1.29, 1.82) is 0 Å². The van der Waals surface area contributed by atoms with Gasteiger partial charge in [-0.15, -0.1) is 0 Å². The Labute approximate surface area is 167 Å². The summed E-state index contributed by atoms with van der Waals surface area (Å²) < 4.78 is 0. The number of likely N-dealkylation sites (tertiary alicyclic amines) is 1. The average molecular weight is 373 g/mol. The number of benzene rings is 3. The number of aliphatic hydroxyl groups is 1. The van der Waals surface area contributed by atoms with E-state index in [1.807, 2.05) is 36.4 Å². The molecule has 0 amide bonds. The largest absolute Gasteiger partial charge is 0.374 e. The van der Waals surface area contributed by atoms with Crippen molar-refractivity contribution in [2.24, 2.45) is 0 Å². The standard InChI is InChI=1S/C25H28N2O/c28-25(23-14-8-3-9-15-23)27(19-22-12-6-2-7-13-22)24-16-17-26(20-24)18-21-10-4-1-5-11-21/h1-15,24-25,28H,16-20H2/t24-,25?/m0/s1. The van der Waals surface area contributed by atoms with Crippen LogP contribution < -0.4 is 0 Å². The van der Waals surface area contributed by atoms with Crippen LogP contribution in [0.4, 0.5) is 0 Å². The zero-order valence-corrected chi connectivity index (χ0v) is 16.2. The lowest BCUT2D eigenvalue weighted by atomic mass is 10.1. The maximum Gasteiger partial charge on any atom is 0.134 e. The van der Waals surface area contributed by atoms with Crippen LogP contribution in [0.15, 0.2) is 91.0 Å². The zero-order chi connectivity index (χ0) is 19.2. The van der Waals surface area contributed by atoms with E-state index >= 15 is 0 Å². The van der Waals surface area contributed by atoms with Crippen molar-refractivity contribution in [1.82, 2.24) is 9.80 Å². The highest BCUT2D eigenvalue weighted by atomic mass is 16.3. The predicted molar refractivity (Wildman–Crippen MR) is 114 cm³/mol. The van der Waals surface area contributed by atoms with Gasteiger partial charge in [0.1, 0.15) is 6.23 Å². The molecule has 3 heteroatoms. The lowest BCUT2D eigenvalue weighted by Gasteiger charge is -2.34. The number of hydrogen-bond acceptors (Lipinski definition) is 3. The fourth-order valence-electron chi connectivity index (χ4n) is 4.09. The summed E-state index contributed by atoms with van der Waals surface area (Å²) in [5, 5.41) is 11.2. The third-order valence-corrected chi connectivity index (χ3v) is 5.59. The minimum atomic E-state index is -0.594. The Hall–Kier alpha value is -2.46. The summed E-state index contributed by atoms with van der Waals surface area (Å²) in [6.07, 6.45) is 0.479. The fraction of sp³-hybridized carbons (Fsp3) is 0.280. The molecule has 3 aromatic carbocycles. The lowest BCUT2D eigenvalue weighted by molar-refractivity contribution is -0.0318. The van der Waals surface area contributed by atoms with Gasteiger partial charge in [0.05, 0.1) is 0 Å². The summed E-state index contributed by atoms with van der Waals surface area (Å²) in [4.78, 5) is 4.76. The number of nitrogens with zero attached hydrogens (tertiary/aromatic N) is 2. The molecule has 1 fully saturated rings. The lowest BCUT2D eigenvalue weighted by Crippen LogP contribution is -2.39. The SMILES string of the molecule is OC(c1ccccc1)N(Cc1ccccc1)[C@H]1CCN(Cc2ccccc2)C1. The van der Waals surface area contributed by atoms with Crippen molar-refractivity contribution in [2.45, 2.75) is 31.8 Å². The van der Waals surface area contributed by atoms with Gasteiger partial charge in [0.2, 0.25) is 0 Å². The molecular formula is C25H28N2O. The van der Waals surface area contributed by atoms with E-state index in [4.69, 9.17) is 0 Å². The number of aliphatic hydroxyl groups excluding tert-OH is 1. The second kappa shape index (κ2) is 9.16. The Balaban J connectivity index is 1.50. The van der Waals surface area contributed by atoms with Gasteiger partial charge < -0.3 is 5.11 Å². The zero-order valence-electron chi connectivity index (χ0n) is 16.2. The van der Waals surface area contributed by atoms with E-state index in [0.29, 0.717) is 6.04 Å². The van der Waals surface area contributed by atoms with Crippen LogP contribution in [-0.4, -0.2) is 34.0 Å².